The Bertz CT molecular complexity index is 1300. The first-order valence-corrected chi connectivity index (χ1v) is 13.4. The predicted molar refractivity (Wildman–Crippen MR) is 133 cm³/mol. The molecule has 3 heterocycles. The lowest BCUT2D eigenvalue weighted by Gasteiger charge is -2.30. The van der Waals surface area contributed by atoms with E-state index in [1.165, 1.54) is 21.2 Å². The summed E-state index contributed by atoms with van der Waals surface area (Å²) in [6.07, 6.45) is 6.34. The molecule has 8 nitrogen and oxygen atoms in total. The number of amides is 1. The molecule has 0 spiro atoms. The van der Waals surface area contributed by atoms with E-state index in [-0.39, 0.29) is 23.1 Å². The molecule has 1 unspecified atom stereocenters. The number of sulfonamides is 1. The summed E-state index contributed by atoms with van der Waals surface area (Å²) >= 11 is 1.33. The molecule has 180 valence electrons. The highest BCUT2D eigenvalue weighted by Gasteiger charge is 2.37. The number of piperidine rings is 1. The van der Waals surface area contributed by atoms with Crippen molar-refractivity contribution < 1.29 is 17.7 Å². The fourth-order valence-corrected chi connectivity index (χ4v) is 6.71. The Morgan fingerprint density at radius 1 is 1.21 bits per heavy atom. The van der Waals surface area contributed by atoms with Crippen LogP contribution in [0.4, 0.5) is 5.13 Å². The van der Waals surface area contributed by atoms with Crippen molar-refractivity contribution in [1.82, 2.24) is 14.4 Å². The highest BCUT2D eigenvalue weighted by atomic mass is 32.2. The summed E-state index contributed by atoms with van der Waals surface area (Å²) in [5.74, 6) is -0.488. The lowest BCUT2D eigenvalue weighted by molar-refractivity contribution is -0.120. The predicted octanol–water partition coefficient (Wildman–Crippen LogP) is 4.57. The van der Waals surface area contributed by atoms with Crippen LogP contribution in [0.5, 0.6) is 0 Å². The number of nitrogens with one attached hydrogen (secondary N) is 1. The number of benzene rings is 1. The Labute approximate surface area is 203 Å². The van der Waals surface area contributed by atoms with E-state index in [0.717, 1.165) is 16.7 Å². The van der Waals surface area contributed by atoms with Crippen molar-refractivity contribution in [3.05, 3.63) is 57.4 Å². The molecule has 3 aromatic rings. The lowest BCUT2D eigenvalue weighted by Crippen LogP contribution is -2.43. The van der Waals surface area contributed by atoms with Gasteiger partial charge in [-0.2, -0.15) is 4.31 Å². The number of rotatable bonds is 6. The number of nitrogens with zero attached hydrogens (tertiary/aromatic N) is 3. The summed E-state index contributed by atoms with van der Waals surface area (Å²) < 4.78 is 34.0. The van der Waals surface area contributed by atoms with E-state index < -0.39 is 15.9 Å². The van der Waals surface area contributed by atoms with E-state index in [1.54, 1.807) is 24.6 Å². The van der Waals surface area contributed by atoms with Crippen LogP contribution < -0.4 is 5.32 Å². The average molecular weight is 501 g/mol. The normalized spacial score (nSPS) is 17.4. The van der Waals surface area contributed by atoms with E-state index >= 15 is 0 Å². The number of carbonyl (C=O) groups is 1. The summed E-state index contributed by atoms with van der Waals surface area (Å²) in [6, 6.07) is 4.17. The summed E-state index contributed by atoms with van der Waals surface area (Å²) in [6.45, 7) is 8.14. The number of hydrogen-bond acceptors (Lipinski definition) is 7. The van der Waals surface area contributed by atoms with E-state index in [0.29, 0.717) is 30.2 Å². The SMILES string of the molecule is Cc1cc(C)c(C=Cc2onc(C)c2S(=O)(=O)N2CCCC(C(=O)Nc3nccs3)C2)c(C)c1. The van der Waals surface area contributed by atoms with Crippen LogP contribution in [0, 0.1) is 33.6 Å². The number of hydrogen-bond donors (Lipinski definition) is 1. The maximum Gasteiger partial charge on any atom is 0.248 e. The van der Waals surface area contributed by atoms with E-state index in [9.17, 15) is 13.2 Å². The molecule has 1 atom stereocenters. The molecule has 1 aliphatic heterocycles. The molecule has 1 N–H and O–H groups in total. The molecule has 0 radical (unpaired) electrons. The smallest absolute Gasteiger partial charge is 0.248 e. The molecule has 2 aromatic heterocycles. The average Bonchev–Trinajstić information content (AvgIpc) is 3.42. The maximum absolute atomic E-state index is 13.6. The van der Waals surface area contributed by atoms with Gasteiger partial charge in [-0.15, -0.1) is 11.3 Å². The first kappa shape index (κ1) is 24.3. The minimum absolute atomic E-state index is 0.0483. The Kier molecular flexibility index (Phi) is 7.01. The minimum atomic E-state index is -3.91. The largest absolute Gasteiger partial charge is 0.355 e. The molecule has 1 aliphatic rings. The third-order valence-electron chi connectivity index (χ3n) is 5.99. The molecular weight excluding hydrogens is 472 g/mol. The lowest BCUT2D eigenvalue weighted by atomic mass is 9.99. The van der Waals surface area contributed by atoms with Crippen LogP contribution in [0.1, 0.15) is 46.5 Å². The van der Waals surface area contributed by atoms with Crippen LogP contribution in [-0.2, 0) is 14.8 Å². The van der Waals surface area contributed by atoms with Crippen molar-refractivity contribution >= 4 is 44.6 Å². The van der Waals surface area contributed by atoms with Crippen LogP contribution in [0.3, 0.4) is 0 Å². The maximum atomic E-state index is 13.6. The fourth-order valence-electron chi connectivity index (χ4n) is 4.41. The molecule has 1 saturated heterocycles. The van der Waals surface area contributed by atoms with Crippen LogP contribution in [-0.4, -0.2) is 41.9 Å². The molecule has 0 saturated carbocycles. The highest BCUT2D eigenvalue weighted by molar-refractivity contribution is 7.89. The number of thiazole rings is 1. The molecule has 10 heteroatoms. The number of anilines is 1. The van der Waals surface area contributed by atoms with Gasteiger partial charge in [-0.3, -0.25) is 4.79 Å². The highest BCUT2D eigenvalue weighted by Crippen LogP contribution is 2.30. The van der Waals surface area contributed by atoms with Crippen LogP contribution in [0.15, 0.2) is 33.1 Å². The van der Waals surface area contributed by atoms with Gasteiger partial charge in [-0.05, 0) is 63.3 Å². The van der Waals surface area contributed by atoms with Gasteiger partial charge in [0.2, 0.25) is 15.9 Å². The van der Waals surface area contributed by atoms with Gasteiger partial charge in [0.05, 0.1) is 5.92 Å². The van der Waals surface area contributed by atoms with Crippen LogP contribution in [0.2, 0.25) is 0 Å². The number of aromatic nitrogens is 2. The van der Waals surface area contributed by atoms with Crippen molar-refractivity contribution in [1.29, 1.82) is 0 Å². The van der Waals surface area contributed by atoms with Gasteiger partial charge in [0.15, 0.2) is 15.8 Å². The van der Waals surface area contributed by atoms with Crippen LogP contribution in [0.25, 0.3) is 12.2 Å². The standard InChI is InChI=1S/C24H28N4O4S2/c1-15-12-16(2)20(17(3)13-15)7-8-21-22(18(4)27-32-21)34(30,31)28-10-5-6-19(14-28)23(29)26-24-25-9-11-33-24/h7-9,11-13,19H,5-6,10,14H2,1-4H3,(H,25,26,29). The fraction of sp³-hybridized carbons (Fsp3) is 0.375. The van der Waals surface area contributed by atoms with Gasteiger partial charge in [-0.25, -0.2) is 13.4 Å². The quantitative estimate of drug-likeness (QED) is 0.531. The third kappa shape index (κ3) is 4.98. The summed E-state index contributed by atoms with van der Waals surface area (Å²) in [4.78, 5) is 16.8. The molecule has 34 heavy (non-hydrogen) atoms. The number of carbonyl (C=O) groups excluding carboxylic acids is 1. The van der Waals surface area contributed by atoms with Crippen molar-refractivity contribution in [3.8, 4) is 0 Å². The van der Waals surface area contributed by atoms with E-state index in [1.807, 2.05) is 26.8 Å². The van der Waals surface area contributed by atoms with Crippen molar-refractivity contribution in [2.45, 2.75) is 45.4 Å². The second-order valence-electron chi connectivity index (χ2n) is 8.64. The summed E-state index contributed by atoms with van der Waals surface area (Å²) in [7, 11) is -3.91. The molecule has 1 fully saturated rings. The van der Waals surface area contributed by atoms with Crippen molar-refractivity contribution in [2.75, 3.05) is 18.4 Å². The molecule has 4 rings (SSSR count). The van der Waals surface area contributed by atoms with Gasteiger partial charge < -0.3 is 9.84 Å². The van der Waals surface area contributed by atoms with Gasteiger partial charge >= 0.3 is 0 Å². The van der Waals surface area contributed by atoms with Crippen molar-refractivity contribution in [2.24, 2.45) is 5.92 Å². The molecular formula is C24H28N4O4S2. The molecule has 0 aliphatic carbocycles. The Morgan fingerprint density at radius 3 is 2.62 bits per heavy atom. The van der Waals surface area contributed by atoms with E-state index in [4.69, 9.17) is 4.52 Å². The van der Waals surface area contributed by atoms with Gasteiger partial charge in [-0.1, -0.05) is 28.9 Å². The van der Waals surface area contributed by atoms with Gasteiger partial charge in [0.25, 0.3) is 0 Å². The van der Waals surface area contributed by atoms with Crippen LogP contribution >= 0.6 is 11.3 Å². The Hall–Kier alpha value is -2.82. The summed E-state index contributed by atoms with van der Waals surface area (Å²) in [5, 5.41) is 9.00. The molecule has 0 bridgehead atoms. The van der Waals surface area contributed by atoms with Gasteiger partial charge in [0, 0.05) is 24.7 Å². The van der Waals surface area contributed by atoms with Crippen molar-refractivity contribution in [3.63, 3.8) is 0 Å². The zero-order valence-corrected chi connectivity index (χ0v) is 21.3. The summed E-state index contributed by atoms with van der Waals surface area (Å²) in [5.41, 5.74) is 4.68. The first-order chi connectivity index (χ1) is 16.2. The Morgan fingerprint density at radius 2 is 1.94 bits per heavy atom. The zero-order chi connectivity index (χ0) is 24.5. The second kappa shape index (κ2) is 9.81. The monoisotopic (exact) mass is 500 g/mol. The molecule has 1 aromatic carbocycles. The Balaban J connectivity index is 1.58. The van der Waals surface area contributed by atoms with Gasteiger partial charge in [0.1, 0.15) is 5.69 Å². The number of aryl methyl sites for hydroxylation is 4. The van der Waals surface area contributed by atoms with E-state index in [2.05, 4.69) is 27.6 Å². The zero-order valence-electron chi connectivity index (χ0n) is 19.7. The topological polar surface area (TPSA) is 105 Å². The minimum Gasteiger partial charge on any atom is -0.355 e. The third-order valence-corrected chi connectivity index (χ3v) is 8.70. The molecule has 1 amide bonds. The second-order valence-corrected chi connectivity index (χ2v) is 11.4. The first-order valence-electron chi connectivity index (χ1n) is 11.1.